The number of nitrogens with one attached hydrogen (secondary N) is 1. The molecule has 0 spiro atoms. The van der Waals surface area contributed by atoms with E-state index < -0.39 is 0 Å². The molecule has 1 atom stereocenters. The molecular weight excluding hydrogens is 190 g/mol. The summed E-state index contributed by atoms with van der Waals surface area (Å²) in [7, 11) is 0. The first-order valence-electron chi connectivity index (χ1n) is 4.91. The van der Waals surface area contributed by atoms with Gasteiger partial charge in [0, 0.05) is 16.3 Å². The molecule has 1 aliphatic rings. The van der Waals surface area contributed by atoms with E-state index in [-0.39, 0.29) is 0 Å². The fourth-order valence-electron chi connectivity index (χ4n) is 1.79. The Labute approximate surface area is 89.6 Å². The Bertz CT molecular complexity index is 346. The fraction of sp³-hybridized carbons (Fsp3) is 0.333. The van der Waals surface area contributed by atoms with E-state index >= 15 is 0 Å². The molecule has 1 aliphatic heterocycles. The van der Waals surface area contributed by atoms with Gasteiger partial charge < -0.3 is 5.32 Å². The van der Waals surface area contributed by atoms with Crippen LogP contribution >= 0.6 is 11.8 Å². The Morgan fingerprint density at radius 1 is 1.50 bits per heavy atom. The third kappa shape index (κ3) is 1.95. The summed E-state index contributed by atoms with van der Waals surface area (Å²) in [5.74, 6) is 1.20. The standard InChI is InChI=1S/C12H15NS/c1-9(2)13-11-7-8-14-12-6-4-3-5-10(11)12/h3-6,11,13H,1,7-8H2,2H3. The number of allylic oxidation sites excluding steroid dienone is 1. The minimum Gasteiger partial charge on any atom is -0.382 e. The zero-order valence-corrected chi connectivity index (χ0v) is 9.23. The molecule has 2 rings (SSSR count). The van der Waals surface area contributed by atoms with E-state index in [1.807, 2.05) is 18.7 Å². The highest BCUT2D eigenvalue weighted by atomic mass is 32.2. The van der Waals surface area contributed by atoms with Crippen LogP contribution in [0.4, 0.5) is 0 Å². The summed E-state index contributed by atoms with van der Waals surface area (Å²) in [5.41, 5.74) is 2.48. The van der Waals surface area contributed by atoms with E-state index in [9.17, 15) is 0 Å². The molecule has 1 nitrogen and oxygen atoms in total. The summed E-state index contributed by atoms with van der Waals surface area (Å²) < 4.78 is 0. The van der Waals surface area contributed by atoms with E-state index in [4.69, 9.17) is 0 Å². The topological polar surface area (TPSA) is 12.0 Å². The molecule has 0 saturated carbocycles. The van der Waals surface area contributed by atoms with Gasteiger partial charge in [-0.3, -0.25) is 0 Å². The van der Waals surface area contributed by atoms with E-state index in [1.165, 1.54) is 22.6 Å². The summed E-state index contributed by atoms with van der Waals surface area (Å²) >= 11 is 1.95. The van der Waals surface area contributed by atoms with Gasteiger partial charge in [-0.2, -0.15) is 0 Å². The number of fused-ring (bicyclic) bond motifs is 1. The van der Waals surface area contributed by atoms with Crippen molar-refractivity contribution >= 4 is 11.8 Å². The first-order valence-corrected chi connectivity index (χ1v) is 5.89. The number of thioether (sulfide) groups is 1. The highest BCUT2D eigenvalue weighted by Gasteiger charge is 2.19. The van der Waals surface area contributed by atoms with Crippen molar-refractivity contribution in [1.82, 2.24) is 5.32 Å². The molecule has 0 amide bonds. The Balaban J connectivity index is 2.26. The van der Waals surface area contributed by atoms with Crippen LogP contribution in [0.1, 0.15) is 24.9 Å². The van der Waals surface area contributed by atoms with Crippen LogP contribution in [-0.2, 0) is 0 Å². The van der Waals surface area contributed by atoms with Gasteiger partial charge in [-0.1, -0.05) is 24.8 Å². The van der Waals surface area contributed by atoms with Crippen molar-refractivity contribution in [1.29, 1.82) is 0 Å². The number of rotatable bonds is 2. The van der Waals surface area contributed by atoms with Crippen LogP contribution in [0.2, 0.25) is 0 Å². The maximum atomic E-state index is 3.90. The van der Waals surface area contributed by atoms with Crippen LogP contribution in [0, 0.1) is 0 Å². The molecule has 1 unspecified atom stereocenters. The van der Waals surface area contributed by atoms with Gasteiger partial charge in [-0.25, -0.2) is 0 Å². The van der Waals surface area contributed by atoms with Gasteiger partial charge >= 0.3 is 0 Å². The third-order valence-electron chi connectivity index (χ3n) is 2.38. The van der Waals surface area contributed by atoms with Gasteiger partial charge in [-0.15, -0.1) is 11.8 Å². The second kappa shape index (κ2) is 4.09. The second-order valence-electron chi connectivity index (χ2n) is 3.65. The number of benzene rings is 1. The molecule has 2 heteroatoms. The maximum Gasteiger partial charge on any atom is 0.0529 e. The molecule has 1 aromatic carbocycles. The zero-order chi connectivity index (χ0) is 9.97. The molecule has 0 aromatic heterocycles. The fourth-order valence-corrected chi connectivity index (χ4v) is 2.91. The van der Waals surface area contributed by atoms with E-state index in [2.05, 4.69) is 36.2 Å². The SMILES string of the molecule is C=C(C)NC1CCSc2ccccc21. The molecular formula is C12H15NS. The van der Waals surface area contributed by atoms with Gasteiger partial charge in [0.1, 0.15) is 0 Å². The van der Waals surface area contributed by atoms with Crippen molar-refractivity contribution in [2.45, 2.75) is 24.3 Å². The quantitative estimate of drug-likeness (QED) is 0.794. The lowest BCUT2D eigenvalue weighted by Crippen LogP contribution is -2.22. The van der Waals surface area contributed by atoms with Gasteiger partial charge in [0.05, 0.1) is 6.04 Å². The van der Waals surface area contributed by atoms with Crippen molar-refractivity contribution in [3.63, 3.8) is 0 Å². The number of hydrogen-bond acceptors (Lipinski definition) is 2. The number of hydrogen-bond donors (Lipinski definition) is 1. The van der Waals surface area contributed by atoms with Crippen molar-refractivity contribution < 1.29 is 0 Å². The third-order valence-corrected chi connectivity index (χ3v) is 3.50. The Morgan fingerprint density at radius 2 is 2.29 bits per heavy atom. The summed E-state index contributed by atoms with van der Waals surface area (Å²) in [6, 6.07) is 9.09. The monoisotopic (exact) mass is 205 g/mol. The molecule has 0 fully saturated rings. The lowest BCUT2D eigenvalue weighted by molar-refractivity contribution is 0.569. The molecule has 1 heterocycles. The minimum absolute atomic E-state index is 0.463. The van der Waals surface area contributed by atoms with Crippen LogP contribution in [0.5, 0.6) is 0 Å². The van der Waals surface area contributed by atoms with E-state index in [0.717, 1.165) is 5.70 Å². The van der Waals surface area contributed by atoms with Crippen molar-refractivity contribution in [3.05, 3.63) is 42.1 Å². The molecule has 1 N–H and O–H groups in total. The molecule has 1 aromatic rings. The predicted octanol–water partition coefficient (Wildman–Crippen LogP) is 3.35. The van der Waals surface area contributed by atoms with Crippen molar-refractivity contribution in [2.24, 2.45) is 0 Å². The summed E-state index contributed by atoms with van der Waals surface area (Å²) in [6.45, 7) is 5.92. The summed E-state index contributed by atoms with van der Waals surface area (Å²) in [4.78, 5) is 1.41. The van der Waals surface area contributed by atoms with Crippen molar-refractivity contribution in [2.75, 3.05) is 5.75 Å². The second-order valence-corrected chi connectivity index (χ2v) is 4.79. The van der Waals surface area contributed by atoms with Crippen LogP contribution < -0.4 is 5.32 Å². The Hall–Kier alpha value is -0.890. The highest BCUT2D eigenvalue weighted by molar-refractivity contribution is 7.99. The van der Waals surface area contributed by atoms with Crippen LogP contribution in [0.25, 0.3) is 0 Å². The Morgan fingerprint density at radius 3 is 3.07 bits per heavy atom. The van der Waals surface area contributed by atoms with Crippen LogP contribution in [0.15, 0.2) is 41.4 Å². The average molecular weight is 205 g/mol. The first kappa shape index (κ1) is 9.66. The van der Waals surface area contributed by atoms with E-state index in [1.54, 1.807) is 0 Å². The van der Waals surface area contributed by atoms with Gasteiger partial charge in [0.2, 0.25) is 0 Å². The minimum atomic E-state index is 0.463. The molecule has 0 bridgehead atoms. The highest BCUT2D eigenvalue weighted by Crippen LogP contribution is 2.35. The van der Waals surface area contributed by atoms with Gasteiger partial charge in [0.15, 0.2) is 0 Å². The Kier molecular flexibility index (Phi) is 2.82. The molecule has 0 saturated heterocycles. The van der Waals surface area contributed by atoms with E-state index in [0.29, 0.717) is 6.04 Å². The smallest absolute Gasteiger partial charge is 0.0529 e. The average Bonchev–Trinajstić information content (AvgIpc) is 2.18. The van der Waals surface area contributed by atoms with Crippen LogP contribution in [-0.4, -0.2) is 5.75 Å². The largest absolute Gasteiger partial charge is 0.382 e. The maximum absolute atomic E-state index is 3.90. The molecule has 74 valence electrons. The van der Waals surface area contributed by atoms with Gasteiger partial charge in [0.25, 0.3) is 0 Å². The van der Waals surface area contributed by atoms with Crippen LogP contribution in [0.3, 0.4) is 0 Å². The molecule has 14 heavy (non-hydrogen) atoms. The normalized spacial score (nSPS) is 19.9. The van der Waals surface area contributed by atoms with Gasteiger partial charge in [-0.05, 0) is 25.0 Å². The summed E-state index contributed by atoms with van der Waals surface area (Å²) in [5, 5.41) is 3.43. The molecule has 0 radical (unpaired) electrons. The zero-order valence-electron chi connectivity index (χ0n) is 8.42. The predicted molar refractivity (Wildman–Crippen MR) is 62.5 cm³/mol. The molecule has 0 aliphatic carbocycles. The summed E-state index contributed by atoms with van der Waals surface area (Å²) in [6.07, 6.45) is 1.19. The lowest BCUT2D eigenvalue weighted by atomic mass is 10.0. The lowest BCUT2D eigenvalue weighted by Gasteiger charge is -2.26. The van der Waals surface area contributed by atoms with Crippen molar-refractivity contribution in [3.8, 4) is 0 Å². The first-order chi connectivity index (χ1) is 6.77.